The van der Waals surface area contributed by atoms with Crippen molar-refractivity contribution in [2.24, 2.45) is 5.92 Å². The van der Waals surface area contributed by atoms with Gasteiger partial charge in [-0.3, -0.25) is 14.9 Å². The number of nitro groups is 1. The van der Waals surface area contributed by atoms with E-state index in [4.69, 9.17) is 4.74 Å². The zero-order chi connectivity index (χ0) is 15.0. The molecule has 1 aromatic carbocycles. The van der Waals surface area contributed by atoms with Gasteiger partial charge in [0.1, 0.15) is 6.10 Å². The van der Waals surface area contributed by atoms with E-state index in [-0.39, 0.29) is 23.6 Å². The van der Waals surface area contributed by atoms with Gasteiger partial charge in [-0.15, -0.1) is 0 Å². The zero-order valence-electron chi connectivity index (χ0n) is 11.2. The van der Waals surface area contributed by atoms with Crippen molar-refractivity contribution in [2.45, 2.75) is 31.8 Å². The number of carbonyl (C=O) groups is 2. The van der Waals surface area contributed by atoms with Crippen LogP contribution in [0, 0.1) is 16.0 Å². The van der Waals surface area contributed by atoms with E-state index in [0.29, 0.717) is 12.1 Å². The SMILES string of the molecule is O=C1O[C@@H]2CCCC[C@H]2C(=O)N1c1ccc([N+](=O)[O-])cc1. The summed E-state index contributed by atoms with van der Waals surface area (Å²) in [5.74, 6) is -0.573. The van der Waals surface area contributed by atoms with Crippen LogP contribution in [0.1, 0.15) is 25.7 Å². The molecule has 0 spiro atoms. The van der Waals surface area contributed by atoms with Crippen LogP contribution < -0.4 is 4.90 Å². The number of nitro benzene ring substituents is 1. The standard InChI is InChI=1S/C14H14N2O5/c17-13-11-3-1-2-4-12(11)21-14(18)15(13)9-5-7-10(8-6-9)16(19)20/h5-8,11-12H,1-4H2/t11-,12-/m1/s1. The highest BCUT2D eigenvalue weighted by Gasteiger charge is 2.44. The van der Waals surface area contributed by atoms with Gasteiger partial charge in [0.05, 0.1) is 16.5 Å². The summed E-state index contributed by atoms with van der Waals surface area (Å²) in [5.41, 5.74) is 0.215. The molecule has 2 amide bonds. The second-order valence-electron chi connectivity index (χ2n) is 5.26. The number of non-ortho nitro benzene ring substituents is 1. The lowest BCUT2D eigenvalue weighted by Crippen LogP contribution is -2.53. The van der Waals surface area contributed by atoms with Crippen LogP contribution in [0.4, 0.5) is 16.2 Å². The van der Waals surface area contributed by atoms with E-state index in [0.717, 1.165) is 24.2 Å². The maximum atomic E-state index is 12.5. The fraction of sp³-hybridized carbons (Fsp3) is 0.429. The molecule has 21 heavy (non-hydrogen) atoms. The number of rotatable bonds is 2. The molecular weight excluding hydrogens is 276 g/mol. The average molecular weight is 290 g/mol. The number of fused-ring (bicyclic) bond motifs is 1. The van der Waals surface area contributed by atoms with Crippen LogP contribution in [0.5, 0.6) is 0 Å². The molecule has 0 N–H and O–H groups in total. The van der Waals surface area contributed by atoms with Crippen LogP contribution in [0.2, 0.25) is 0 Å². The van der Waals surface area contributed by atoms with Crippen molar-refractivity contribution in [1.29, 1.82) is 0 Å². The van der Waals surface area contributed by atoms with Crippen molar-refractivity contribution in [3.05, 3.63) is 34.4 Å². The Kier molecular flexibility index (Phi) is 3.32. The molecule has 7 heteroatoms. The van der Waals surface area contributed by atoms with E-state index in [9.17, 15) is 19.7 Å². The molecule has 1 saturated heterocycles. The summed E-state index contributed by atoms with van der Waals surface area (Å²) in [6, 6.07) is 5.31. The van der Waals surface area contributed by atoms with E-state index < -0.39 is 11.0 Å². The smallest absolute Gasteiger partial charge is 0.421 e. The number of hydrogen-bond donors (Lipinski definition) is 0. The Hall–Kier alpha value is -2.44. The molecule has 0 aromatic heterocycles. The summed E-state index contributed by atoms with van der Waals surface area (Å²) in [4.78, 5) is 35.6. The van der Waals surface area contributed by atoms with Crippen LogP contribution in [-0.4, -0.2) is 23.0 Å². The first-order valence-corrected chi connectivity index (χ1v) is 6.87. The topological polar surface area (TPSA) is 89.8 Å². The van der Waals surface area contributed by atoms with Gasteiger partial charge >= 0.3 is 6.09 Å². The zero-order valence-corrected chi connectivity index (χ0v) is 11.2. The second kappa shape index (κ2) is 5.16. The average Bonchev–Trinajstić information content (AvgIpc) is 2.48. The predicted octanol–water partition coefficient (Wildman–Crippen LogP) is 2.64. The van der Waals surface area contributed by atoms with E-state index in [2.05, 4.69) is 0 Å². The summed E-state index contributed by atoms with van der Waals surface area (Å²) in [5, 5.41) is 10.6. The predicted molar refractivity (Wildman–Crippen MR) is 72.8 cm³/mol. The molecule has 7 nitrogen and oxygen atoms in total. The molecule has 1 saturated carbocycles. The maximum absolute atomic E-state index is 12.5. The van der Waals surface area contributed by atoms with Crippen molar-refractivity contribution in [3.63, 3.8) is 0 Å². The summed E-state index contributed by atoms with van der Waals surface area (Å²) < 4.78 is 5.34. The van der Waals surface area contributed by atoms with E-state index >= 15 is 0 Å². The van der Waals surface area contributed by atoms with E-state index in [1.807, 2.05) is 0 Å². The number of imide groups is 1. The van der Waals surface area contributed by atoms with E-state index in [1.165, 1.54) is 24.3 Å². The van der Waals surface area contributed by atoms with Crippen LogP contribution >= 0.6 is 0 Å². The lowest BCUT2D eigenvalue weighted by Gasteiger charge is -2.38. The molecule has 0 unspecified atom stereocenters. The van der Waals surface area contributed by atoms with Crippen molar-refractivity contribution >= 4 is 23.4 Å². The Morgan fingerprint density at radius 1 is 1.14 bits per heavy atom. The van der Waals surface area contributed by atoms with Gasteiger partial charge in [0, 0.05) is 12.1 Å². The largest absolute Gasteiger partial charge is 0.445 e. The van der Waals surface area contributed by atoms with Crippen molar-refractivity contribution in [3.8, 4) is 0 Å². The van der Waals surface area contributed by atoms with Gasteiger partial charge in [-0.25, -0.2) is 9.69 Å². The molecule has 0 bridgehead atoms. The van der Waals surface area contributed by atoms with Gasteiger partial charge in [-0.1, -0.05) is 6.42 Å². The number of nitrogens with zero attached hydrogens (tertiary/aromatic N) is 2. The number of anilines is 1. The summed E-state index contributed by atoms with van der Waals surface area (Å²) in [6.45, 7) is 0. The minimum atomic E-state index is -0.697. The first-order valence-electron chi connectivity index (χ1n) is 6.87. The first-order chi connectivity index (χ1) is 10.1. The number of carbonyl (C=O) groups excluding carboxylic acids is 2. The third kappa shape index (κ3) is 2.35. The van der Waals surface area contributed by atoms with Crippen LogP contribution in [0.3, 0.4) is 0 Å². The summed E-state index contributed by atoms with van der Waals surface area (Å²) in [7, 11) is 0. The highest BCUT2D eigenvalue weighted by Crippen LogP contribution is 2.34. The molecule has 1 aromatic rings. The minimum Gasteiger partial charge on any atom is -0.445 e. The molecule has 110 valence electrons. The van der Waals surface area contributed by atoms with E-state index in [1.54, 1.807) is 0 Å². The number of ether oxygens (including phenoxy) is 1. The summed E-state index contributed by atoms with van der Waals surface area (Å²) >= 11 is 0. The third-order valence-corrected chi connectivity index (χ3v) is 3.99. The van der Waals surface area contributed by atoms with Gasteiger partial charge < -0.3 is 4.74 Å². The third-order valence-electron chi connectivity index (χ3n) is 3.99. The molecule has 1 aliphatic carbocycles. The lowest BCUT2D eigenvalue weighted by molar-refractivity contribution is -0.384. The summed E-state index contributed by atoms with van der Waals surface area (Å²) in [6.07, 6.45) is 2.30. The monoisotopic (exact) mass is 290 g/mol. The highest BCUT2D eigenvalue weighted by molar-refractivity contribution is 6.14. The number of benzene rings is 1. The molecule has 1 heterocycles. The Morgan fingerprint density at radius 3 is 2.48 bits per heavy atom. The number of hydrogen-bond acceptors (Lipinski definition) is 5. The molecule has 2 fully saturated rings. The molecule has 3 rings (SSSR count). The van der Waals surface area contributed by atoms with Crippen LogP contribution in [0.15, 0.2) is 24.3 Å². The molecule has 2 atom stereocenters. The Morgan fingerprint density at radius 2 is 1.81 bits per heavy atom. The number of amides is 2. The molecular formula is C14H14N2O5. The van der Waals surface area contributed by atoms with Crippen LogP contribution in [0.25, 0.3) is 0 Å². The van der Waals surface area contributed by atoms with Gasteiger partial charge in [-0.05, 0) is 31.4 Å². The normalized spacial score (nSPS) is 25.2. The van der Waals surface area contributed by atoms with Gasteiger partial charge in [-0.2, -0.15) is 0 Å². The second-order valence-corrected chi connectivity index (χ2v) is 5.26. The Balaban J connectivity index is 1.88. The highest BCUT2D eigenvalue weighted by atomic mass is 16.6. The maximum Gasteiger partial charge on any atom is 0.421 e. The quantitative estimate of drug-likeness (QED) is 0.617. The van der Waals surface area contributed by atoms with Gasteiger partial charge in [0.25, 0.3) is 5.69 Å². The fourth-order valence-electron chi connectivity index (χ4n) is 2.91. The van der Waals surface area contributed by atoms with Crippen molar-refractivity contribution < 1.29 is 19.2 Å². The first kappa shape index (κ1) is 13.5. The van der Waals surface area contributed by atoms with Crippen molar-refractivity contribution in [1.82, 2.24) is 0 Å². The lowest BCUT2D eigenvalue weighted by atomic mass is 9.84. The molecule has 2 aliphatic rings. The van der Waals surface area contributed by atoms with Crippen LogP contribution in [-0.2, 0) is 9.53 Å². The van der Waals surface area contributed by atoms with Crippen molar-refractivity contribution in [2.75, 3.05) is 4.90 Å². The van der Waals surface area contributed by atoms with Gasteiger partial charge in [0.15, 0.2) is 0 Å². The Labute approximate surface area is 120 Å². The molecule has 0 radical (unpaired) electrons. The Bertz CT molecular complexity index is 598. The fourth-order valence-corrected chi connectivity index (χ4v) is 2.91. The molecule has 1 aliphatic heterocycles. The van der Waals surface area contributed by atoms with Gasteiger partial charge in [0.2, 0.25) is 5.91 Å². The minimum absolute atomic E-state index is 0.0906.